The number of benzene rings is 2. The summed E-state index contributed by atoms with van der Waals surface area (Å²) in [5, 5.41) is 11.8. The van der Waals surface area contributed by atoms with Gasteiger partial charge in [-0.05, 0) is 67.8 Å². The van der Waals surface area contributed by atoms with E-state index in [-0.39, 0.29) is 11.7 Å². The molecule has 0 bridgehead atoms. The predicted octanol–water partition coefficient (Wildman–Crippen LogP) is 3.92. The quantitative estimate of drug-likeness (QED) is 0.581. The second-order valence-corrected chi connectivity index (χ2v) is 8.16. The largest absolute Gasteiger partial charge is 0.497 e. The van der Waals surface area contributed by atoms with Gasteiger partial charge in [0.15, 0.2) is 5.16 Å². The summed E-state index contributed by atoms with van der Waals surface area (Å²) in [4.78, 5) is 14.9. The van der Waals surface area contributed by atoms with Gasteiger partial charge < -0.3 is 15.0 Å². The Bertz CT molecular complexity index is 1010. The van der Waals surface area contributed by atoms with E-state index in [1.165, 1.54) is 35.9 Å². The topological polar surface area (TPSA) is 72.3 Å². The molecule has 30 heavy (non-hydrogen) atoms. The van der Waals surface area contributed by atoms with Crippen LogP contribution < -0.4 is 15.0 Å². The Labute approximate surface area is 180 Å². The molecule has 4 rings (SSSR count). The summed E-state index contributed by atoms with van der Waals surface area (Å²) in [6.07, 6.45) is 4.13. The zero-order chi connectivity index (χ0) is 20.9. The van der Waals surface area contributed by atoms with E-state index < -0.39 is 0 Å². The van der Waals surface area contributed by atoms with Crippen molar-refractivity contribution in [1.82, 2.24) is 14.8 Å². The fraction of sp³-hybridized carbons (Fsp3) is 0.318. The lowest BCUT2D eigenvalue weighted by Gasteiger charge is -2.20. The lowest BCUT2D eigenvalue weighted by atomic mass is 10.1. The Morgan fingerprint density at radius 3 is 2.63 bits per heavy atom. The molecule has 1 aliphatic rings. The lowest BCUT2D eigenvalue weighted by molar-refractivity contribution is -0.113. The first-order valence-corrected chi connectivity index (χ1v) is 11.0. The summed E-state index contributed by atoms with van der Waals surface area (Å²) in [6.45, 7) is 4.31. The summed E-state index contributed by atoms with van der Waals surface area (Å²) in [5.41, 5.74) is 4.17. The second kappa shape index (κ2) is 9.21. The van der Waals surface area contributed by atoms with Gasteiger partial charge in [-0.2, -0.15) is 0 Å². The van der Waals surface area contributed by atoms with Gasteiger partial charge >= 0.3 is 0 Å². The Morgan fingerprint density at radius 2 is 1.93 bits per heavy atom. The van der Waals surface area contributed by atoms with Crippen molar-refractivity contribution >= 4 is 29.0 Å². The molecule has 2 aromatic carbocycles. The van der Waals surface area contributed by atoms with Crippen molar-refractivity contribution in [1.29, 1.82) is 0 Å². The van der Waals surface area contributed by atoms with E-state index in [0.29, 0.717) is 5.16 Å². The molecule has 1 aliphatic heterocycles. The Hall–Kier alpha value is -3.00. The third kappa shape index (κ3) is 4.59. The highest BCUT2D eigenvalue weighted by Gasteiger charge is 2.15. The van der Waals surface area contributed by atoms with Gasteiger partial charge in [0.2, 0.25) is 5.91 Å². The number of nitrogens with one attached hydrogen (secondary N) is 1. The monoisotopic (exact) mass is 423 g/mol. The minimum absolute atomic E-state index is 0.0717. The molecule has 1 saturated heterocycles. The molecule has 0 saturated carbocycles. The van der Waals surface area contributed by atoms with Crippen LogP contribution in [0.3, 0.4) is 0 Å². The first-order chi connectivity index (χ1) is 14.6. The van der Waals surface area contributed by atoms with Gasteiger partial charge in [-0.25, -0.2) is 0 Å². The molecule has 8 heteroatoms. The van der Waals surface area contributed by atoms with Gasteiger partial charge in [-0.3, -0.25) is 9.36 Å². The third-order valence-electron chi connectivity index (χ3n) is 5.13. The number of carbonyl (C=O) groups excluding carboxylic acids is 1. The van der Waals surface area contributed by atoms with E-state index >= 15 is 0 Å². The van der Waals surface area contributed by atoms with Crippen LogP contribution in [0.15, 0.2) is 53.9 Å². The minimum Gasteiger partial charge on any atom is -0.497 e. The number of ether oxygens (including phenoxy) is 1. The number of anilines is 2. The molecule has 1 amide bonds. The third-order valence-corrected chi connectivity index (χ3v) is 6.07. The van der Waals surface area contributed by atoms with E-state index in [2.05, 4.69) is 33.4 Å². The number of carbonyl (C=O) groups is 1. The number of thioether (sulfide) groups is 1. The first kappa shape index (κ1) is 20.3. The maximum atomic E-state index is 12.5. The van der Waals surface area contributed by atoms with Crippen LogP contribution in [0.25, 0.3) is 5.69 Å². The zero-order valence-corrected chi connectivity index (χ0v) is 18.0. The smallest absolute Gasteiger partial charge is 0.234 e. The molecule has 0 atom stereocenters. The van der Waals surface area contributed by atoms with Crippen molar-refractivity contribution in [2.45, 2.75) is 24.9 Å². The van der Waals surface area contributed by atoms with Crippen LogP contribution in [-0.2, 0) is 4.79 Å². The number of amides is 1. The van der Waals surface area contributed by atoms with Crippen LogP contribution in [0.1, 0.15) is 18.4 Å². The molecule has 1 fully saturated rings. The molecule has 0 unspecified atom stereocenters. The Balaban J connectivity index is 1.36. The number of aryl methyl sites for hydroxylation is 1. The summed E-state index contributed by atoms with van der Waals surface area (Å²) in [5.74, 6) is 0.964. The zero-order valence-electron chi connectivity index (χ0n) is 17.2. The highest BCUT2D eigenvalue weighted by atomic mass is 32.2. The van der Waals surface area contributed by atoms with E-state index in [0.717, 1.165) is 30.2 Å². The van der Waals surface area contributed by atoms with Crippen LogP contribution in [0, 0.1) is 6.92 Å². The lowest BCUT2D eigenvalue weighted by Crippen LogP contribution is -2.19. The average Bonchev–Trinajstić information content (AvgIpc) is 3.45. The van der Waals surface area contributed by atoms with Crippen molar-refractivity contribution in [3.8, 4) is 11.4 Å². The number of nitrogens with zero attached hydrogens (tertiary/aromatic N) is 4. The predicted molar refractivity (Wildman–Crippen MR) is 120 cm³/mol. The first-order valence-electron chi connectivity index (χ1n) is 9.97. The Morgan fingerprint density at radius 1 is 1.17 bits per heavy atom. The molecule has 1 N–H and O–H groups in total. The highest BCUT2D eigenvalue weighted by molar-refractivity contribution is 7.99. The molecular formula is C22H25N5O2S. The maximum Gasteiger partial charge on any atom is 0.234 e. The molecule has 0 radical (unpaired) electrons. The van der Waals surface area contributed by atoms with E-state index in [9.17, 15) is 4.79 Å². The van der Waals surface area contributed by atoms with Gasteiger partial charge in [0, 0.05) is 30.2 Å². The average molecular weight is 424 g/mol. The fourth-order valence-electron chi connectivity index (χ4n) is 3.62. The van der Waals surface area contributed by atoms with E-state index in [1.54, 1.807) is 13.4 Å². The van der Waals surface area contributed by atoms with Gasteiger partial charge in [0.1, 0.15) is 12.1 Å². The molecule has 0 aliphatic carbocycles. The number of methoxy groups -OCH3 is 1. The normalized spacial score (nSPS) is 13.5. The van der Waals surface area contributed by atoms with Gasteiger partial charge in [0.25, 0.3) is 0 Å². The standard InChI is InChI=1S/C22H25N5O2S/c1-16-13-17(5-10-20(16)26-11-3-4-12-26)24-21(28)14-30-22-25-23-15-27(22)18-6-8-19(29-2)9-7-18/h5-10,13,15H,3-4,11-12,14H2,1-2H3,(H,24,28). The molecule has 2 heterocycles. The van der Waals surface area contributed by atoms with Crippen molar-refractivity contribution in [2.75, 3.05) is 36.2 Å². The van der Waals surface area contributed by atoms with Crippen LogP contribution in [0.5, 0.6) is 5.75 Å². The molecule has 1 aromatic heterocycles. The SMILES string of the molecule is COc1ccc(-n2cnnc2SCC(=O)Nc2ccc(N3CCCC3)c(C)c2)cc1. The van der Waals surface area contributed by atoms with Gasteiger partial charge in [0.05, 0.1) is 12.9 Å². The number of aromatic nitrogens is 3. The van der Waals surface area contributed by atoms with Crippen LogP contribution in [0.2, 0.25) is 0 Å². The summed E-state index contributed by atoms with van der Waals surface area (Å²) in [6, 6.07) is 13.7. The molecule has 3 aromatic rings. The second-order valence-electron chi connectivity index (χ2n) is 7.21. The molecule has 7 nitrogen and oxygen atoms in total. The molecular weight excluding hydrogens is 398 g/mol. The van der Waals surface area contributed by atoms with Crippen molar-refractivity contribution in [2.24, 2.45) is 0 Å². The van der Waals surface area contributed by atoms with Crippen molar-refractivity contribution < 1.29 is 9.53 Å². The number of hydrogen-bond donors (Lipinski definition) is 1. The van der Waals surface area contributed by atoms with Crippen LogP contribution >= 0.6 is 11.8 Å². The summed E-state index contributed by atoms with van der Waals surface area (Å²) < 4.78 is 7.05. The van der Waals surface area contributed by atoms with Crippen LogP contribution in [-0.4, -0.2) is 46.6 Å². The fourth-order valence-corrected chi connectivity index (χ4v) is 4.34. The maximum absolute atomic E-state index is 12.5. The van der Waals surface area contributed by atoms with Crippen molar-refractivity contribution in [3.63, 3.8) is 0 Å². The molecule has 156 valence electrons. The summed E-state index contributed by atoms with van der Waals surface area (Å²) >= 11 is 1.35. The van der Waals surface area contributed by atoms with Crippen LogP contribution in [0.4, 0.5) is 11.4 Å². The minimum atomic E-state index is -0.0717. The van der Waals surface area contributed by atoms with Gasteiger partial charge in [-0.1, -0.05) is 11.8 Å². The van der Waals surface area contributed by atoms with Gasteiger partial charge in [-0.15, -0.1) is 10.2 Å². The van der Waals surface area contributed by atoms with Crippen molar-refractivity contribution in [3.05, 3.63) is 54.4 Å². The Kier molecular flexibility index (Phi) is 6.23. The number of hydrogen-bond acceptors (Lipinski definition) is 6. The highest BCUT2D eigenvalue weighted by Crippen LogP contribution is 2.27. The molecule has 0 spiro atoms. The summed E-state index contributed by atoms with van der Waals surface area (Å²) in [7, 11) is 1.63. The number of rotatable bonds is 7. The van der Waals surface area contributed by atoms with E-state index in [4.69, 9.17) is 4.74 Å². The van der Waals surface area contributed by atoms with E-state index in [1.807, 2.05) is 41.0 Å².